The fraction of sp³-hybridized carbons (Fsp3) is 0.125. The molecule has 1 aliphatic rings. The molecule has 1 heterocycles. The minimum absolute atomic E-state index is 0.110. The largest absolute Gasteiger partial charge is 0.508 e. The van der Waals surface area contributed by atoms with Gasteiger partial charge in [-0.2, -0.15) is 0 Å². The molecule has 2 aromatic carbocycles. The maximum absolute atomic E-state index is 12.4. The minimum Gasteiger partial charge on any atom is -0.508 e. The van der Waals surface area contributed by atoms with E-state index in [-0.39, 0.29) is 35.2 Å². The number of phenols is 2. The standard InChI is InChI=1S/C16H12O5/c17-11-3-4-12(13(18)8-11)16(20)10-1-5-14-9(7-10)2-6-15(19)21-14/h1,3-5,7-8,17-18H,2,6H2. The van der Waals surface area contributed by atoms with Crippen LogP contribution in [0.25, 0.3) is 0 Å². The van der Waals surface area contributed by atoms with E-state index in [2.05, 4.69) is 0 Å². The Hall–Kier alpha value is -2.82. The van der Waals surface area contributed by atoms with Crippen LogP contribution in [0.3, 0.4) is 0 Å². The Morgan fingerprint density at radius 1 is 1.05 bits per heavy atom. The van der Waals surface area contributed by atoms with Crippen molar-refractivity contribution in [3.63, 3.8) is 0 Å². The van der Waals surface area contributed by atoms with E-state index in [9.17, 15) is 19.8 Å². The number of phenolic OH excluding ortho intramolecular Hbond substituents is 2. The summed E-state index contributed by atoms with van der Waals surface area (Å²) in [5.41, 5.74) is 1.30. The number of aryl methyl sites for hydroxylation is 1. The summed E-state index contributed by atoms with van der Waals surface area (Å²) >= 11 is 0. The van der Waals surface area contributed by atoms with E-state index in [1.807, 2.05) is 0 Å². The first-order valence-electron chi connectivity index (χ1n) is 6.45. The molecule has 0 saturated heterocycles. The van der Waals surface area contributed by atoms with E-state index in [1.165, 1.54) is 12.1 Å². The van der Waals surface area contributed by atoms with Crippen molar-refractivity contribution < 1.29 is 24.5 Å². The summed E-state index contributed by atoms with van der Waals surface area (Å²) in [5.74, 6) is -0.548. The number of esters is 1. The average molecular weight is 284 g/mol. The number of benzene rings is 2. The summed E-state index contributed by atoms with van der Waals surface area (Å²) in [6, 6.07) is 8.62. The minimum atomic E-state index is -0.354. The molecule has 0 spiro atoms. The van der Waals surface area contributed by atoms with Crippen molar-refractivity contribution >= 4 is 11.8 Å². The van der Waals surface area contributed by atoms with E-state index in [0.29, 0.717) is 17.7 Å². The fourth-order valence-electron chi connectivity index (χ4n) is 2.29. The molecule has 5 heteroatoms. The van der Waals surface area contributed by atoms with Gasteiger partial charge in [0.1, 0.15) is 17.2 Å². The van der Waals surface area contributed by atoms with Crippen LogP contribution in [0, 0.1) is 0 Å². The zero-order valence-corrected chi connectivity index (χ0v) is 11.0. The second-order valence-electron chi connectivity index (χ2n) is 4.83. The number of carbonyl (C=O) groups is 2. The van der Waals surface area contributed by atoms with Crippen LogP contribution in [-0.4, -0.2) is 22.0 Å². The molecule has 1 aliphatic heterocycles. The third-order valence-corrected chi connectivity index (χ3v) is 3.37. The van der Waals surface area contributed by atoms with Crippen LogP contribution in [0.15, 0.2) is 36.4 Å². The molecule has 0 aliphatic carbocycles. The monoisotopic (exact) mass is 284 g/mol. The number of hydrogen-bond donors (Lipinski definition) is 2. The van der Waals surface area contributed by atoms with Crippen LogP contribution in [-0.2, 0) is 11.2 Å². The van der Waals surface area contributed by atoms with Gasteiger partial charge in [0.05, 0.1) is 12.0 Å². The van der Waals surface area contributed by atoms with Gasteiger partial charge in [-0.05, 0) is 42.3 Å². The van der Waals surface area contributed by atoms with Crippen molar-refractivity contribution in [3.05, 3.63) is 53.1 Å². The zero-order chi connectivity index (χ0) is 15.0. The van der Waals surface area contributed by atoms with E-state index in [1.54, 1.807) is 18.2 Å². The molecule has 0 fully saturated rings. The Kier molecular flexibility index (Phi) is 3.10. The zero-order valence-electron chi connectivity index (χ0n) is 11.0. The normalized spacial score (nSPS) is 13.4. The van der Waals surface area contributed by atoms with Gasteiger partial charge >= 0.3 is 5.97 Å². The van der Waals surface area contributed by atoms with E-state index < -0.39 is 0 Å². The van der Waals surface area contributed by atoms with E-state index in [0.717, 1.165) is 11.6 Å². The highest BCUT2D eigenvalue weighted by molar-refractivity contribution is 6.11. The summed E-state index contributed by atoms with van der Waals surface area (Å²) in [6.07, 6.45) is 0.811. The van der Waals surface area contributed by atoms with Gasteiger partial charge in [0.2, 0.25) is 0 Å². The first kappa shape index (κ1) is 13.2. The summed E-state index contributed by atoms with van der Waals surface area (Å²) in [4.78, 5) is 23.6. The quantitative estimate of drug-likeness (QED) is 0.501. The lowest BCUT2D eigenvalue weighted by Crippen LogP contribution is -2.16. The molecule has 3 rings (SSSR count). The lowest BCUT2D eigenvalue weighted by molar-refractivity contribution is -0.135. The Morgan fingerprint density at radius 3 is 2.62 bits per heavy atom. The van der Waals surface area contributed by atoms with Crippen LogP contribution in [0.1, 0.15) is 27.9 Å². The number of rotatable bonds is 2. The maximum Gasteiger partial charge on any atom is 0.311 e. The molecule has 0 unspecified atom stereocenters. The SMILES string of the molecule is O=C1CCc2cc(C(=O)c3ccc(O)cc3O)ccc2O1. The number of hydrogen-bond acceptors (Lipinski definition) is 5. The van der Waals surface area contributed by atoms with Crippen LogP contribution >= 0.6 is 0 Å². The molecule has 0 atom stereocenters. The molecule has 5 nitrogen and oxygen atoms in total. The second kappa shape index (κ2) is 4.94. The van der Waals surface area contributed by atoms with Gasteiger partial charge in [-0.3, -0.25) is 9.59 Å². The predicted molar refractivity (Wildman–Crippen MR) is 73.6 cm³/mol. The highest BCUT2D eigenvalue weighted by Gasteiger charge is 2.20. The number of ether oxygens (including phenoxy) is 1. The molecule has 106 valence electrons. The third kappa shape index (κ3) is 2.45. The summed E-state index contributed by atoms with van der Waals surface area (Å²) < 4.78 is 5.08. The van der Waals surface area contributed by atoms with Gasteiger partial charge in [0, 0.05) is 11.6 Å². The van der Waals surface area contributed by atoms with Gasteiger partial charge in [0.25, 0.3) is 0 Å². The van der Waals surface area contributed by atoms with Crippen molar-refractivity contribution in [1.29, 1.82) is 0 Å². The molecular weight excluding hydrogens is 272 g/mol. The molecular formula is C16H12O5. The highest BCUT2D eigenvalue weighted by Crippen LogP contribution is 2.29. The van der Waals surface area contributed by atoms with E-state index in [4.69, 9.17) is 4.74 Å². The van der Waals surface area contributed by atoms with Crippen LogP contribution in [0.2, 0.25) is 0 Å². The third-order valence-electron chi connectivity index (χ3n) is 3.37. The van der Waals surface area contributed by atoms with Gasteiger partial charge in [0.15, 0.2) is 5.78 Å². The number of ketones is 1. The predicted octanol–water partition coefficient (Wildman–Crippen LogP) is 2.18. The van der Waals surface area contributed by atoms with Gasteiger partial charge < -0.3 is 14.9 Å². The molecule has 0 amide bonds. The average Bonchev–Trinajstić information content (AvgIpc) is 2.46. The Morgan fingerprint density at radius 2 is 1.86 bits per heavy atom. The summed E-state index contributed by atoms with van der Waals surface area (Å²) in [6.45, 7) is 0. The Bertz CT molecular complexity index is 748. The molecule has 0 aromatic heterocycles. The van der Waals surface area contributed by atoms with Crippen LogP contribution in [0.5, 0.6) is 17.2 Å². The number of carbonyl (C=O) groups excluding carboxylic acids is 2. The van der Waals surface area contributed by atoms with Crippen molar-refractivity contribution in [2.75, 3.05) is 0 Å². The highest BCUT2D eigenvalue weighted by atomic mass is 16.5. The lowest BCUT2D eigenvalue weighted by atomic mass is 9.97. The van der Waals surface area contributed by atoms with Crippen molar-refractivity contribution in [2.45, 2.75) is 12.8 Å². The maximum atomic E-state index is 12.4. The first-order chi connectivity index (χ1) is 10.0. The van der Waals surface area contributed by atoms with Crippen molar-refractivity contribution in [1.82, 2.24) is 0 Å². The summed E-state index contributed by atoms with van der Waals surface area (Å²) in [5, 5.41) is 19.0. The molecule has 0 radical (unpaired) electrons. The Labute approximate surface area is 120 Å². The molecule has 2 N–H and O–H groups in total. The molecule has 2 aromatic rings. The number of fused-ring (bicyclic) bond motifs is 1. The van der Waals surface area contributed by atoms with Crippen molar-refractivity contribution in [2.24, 2.45) is 0 Å². The first-order valence-corrected chi connectivity index (χ1v) is 6.45. The van der Waals surface area contributed by atoms with Gasteiger partial charge in [-0.25, -0.2) is 0 Å². The summed E-state index contributed by atoms with van der Waals surface area (Å²) in [7, 11) is 0. The Balaban J connectivity index is 1.97. The fourth-order valence-corrected chi connectivity index (χ4v) is 2.29. The van der Waals surface area contributed by atoms with Crippen molar-refractivity contribution in [3.8, 4) is 17.2 Å². The van der Waals surface area contributed by atoms with Gasteiger partial charge in [-0.1, -0.05) is 0 Å². The smallest absolute Gasteiger partial charge is 0.311 e. The lowest BCUT2D eigenvalue weighted by Gasteiger charge is -2.16. The van der Waals surface area contributed by atoms with Gasteiger partial charge in [-0.15, -0.1) is 0 Å². The van der Waals surface area contributed by atoms with E-state index >= 15 is 0 Å². The van der Waals surface area contributed by atoms with Crippen LogP contribution < -0.4 is 4.74 Å². The topological polar surface area (TPSA) is 83.8 Å². The second-order valence-corrected chi connectivity index (χ2v) is 4.83. The van der Waals surface area contributed by atoms with Crippen LogP contribution in [0.4, 0.5) is 0 Å². The molecule has 0 bridgehead atoms. The number of aromatic hydroxyl groups is 2. The molecule has 21 heavy (non-hydrogen) atoms. The molecule has 0 saturated carbocycles.